The van der Waals surface area contributed by atoms with Gasteiger partial charge in [0.1, 0.15) is 5.78 Å². The van der Waals surface area contributed by atoms with E-state index in [1.807, 2.05) is 24.3 Å². The van der Waals surface area contributed by atoms with Crippen LogP contribution in [0.15, 0.2) is 24.3 Å². The van der Waals surface area contributed by atoms with E-state index in [1.54, 1.807) is 6.92 Å². The summed E-state index contributed by atoms with van der Waals surface area (Å²) in [4.78, 5) is 9.86. The van der Waals surface area contributed by atoms with Gasteiger partial charge in [-0.3, -0.25) is 9.88 Å². The van der Waals surface area contributed by atoms with E-state index in [-0.39, 0.29) is 6.61 Å². The summed E-state index contributed by atoms with van der Waals surface area (Å²) in [6.07, 6.45) is 0.888. The smallest absolute Gasteiger partial charge is 0.323 e. The Labute approximate surface area is 95.2 Å². The van der Waals surface area contributed by atoms with Crippen molar-refractivity contribution in [2.24, 2.45) is 0 Å². The highest BCUT2D eigenvalue weighted by Gasteiger charge is 2.36. The van der Waals surface area contributed by atoms with E-state index >= 15 is 0 Å². The normalized spacial score (nSPS) is 23.5. The number of hydrogen-bond donors (Lipinski definition) is 2. The van der Waals surface area contributed by atoms with Crippen LogP contribution in [-0.4, -0.2) is 18.0 Å². The van der Waals surface area contributed by atoms with E-state index in [9.17, 15) is 9.46 Å². The third-order valence-electron chi connectivity index (χ3n) is 2.72. The fraction of sp³-hybridized carbons (Fsp3) is 0.455. The van der Waals surface area contributed by atoms with Crippen molar-refractivity contribution in [2.75, 3.05) is 13.2 Å². The minimum Gasteiger partial charge on any atom is -0.323 e. The summed E-state index contributed by atoms with van der Waals surface area (Å²) in [5.41, 5.74) is 2.01. The molecule has 16 heavy (non-hydrogen) atoms. The molecule has 2 N–H and O–H groups in total. The van der Waals surface area contributed by atoms with E-state index in [4.69, 9.17) is 4.52 Å². The summed E-state index contributed by atoms with van der Waals surface area (Å²) in [5, 5.41) is 3.06. The third kappa shape index (κ3) is 2.20. The second-order valence-electron chi connectivity index (χ2n) is 3.79. The van der Waals surface area contributed by atoms with Crippen molar-refractivity contribution in [1.82, 2.24) is 5.32 Å². The monoisotopic (exact) mass is 241 g/mol. The Bertz CT molecular complexity index is 421. The Kier molecular flexibility index (Phi) is 3.45. The van der Waals surface area contributed by atoms with Crippen LogP contribution >= 0.6 is 7.60 Å². The molecular formula is C11H16NO3P. The Morgan fingerprint density at radius 3 is 3.06 bits per heavy atom. The minimum absolute atomic E-state index is 0.244. The third-order valence-corrected chi connectivity index (χ3v) is 4.46. The summed E-state index contributed by atoms with van der Waals surface area (Å²) >= 11 is 0. The van der Waals surface area contributed by atoms with Gasteiger partial charge in [-0.2, -0.15) is 0 Å². The van der Waals surface area contributed by atoms with E-state index in [0.29, 0.717) is 6.54 Å². The largest absolute Gasteiger partial charge is 0.349 e. The molecule has 0 saturated carbocycles. The summed E-state index contributed by atoms with van der Waals surface area (Å²) in [7, 11) is -3.61. The van der Waals surface area contributed by atoms with E-state index in [2.05, 4.69) is 5.32 Å². The molecule has 0 spiro atoms. The molecule has 1 aromatic carbocycles. The van der Waals surface area contributed by atoms with Crippen LogP contribution in [0.4, 0.5) is 0 Å². The molecule has 5 heteroatoms. The van der Waals surface area contributed by atoms with Gasteiger partial charge in [0, 0.05) is 6.54 Å². The van der Waals surface area contributed by atoms with Crippen LogP contribution in [0.2, 0.25) is 0 Å². The highest BCUT2D eigenvalue weighted by atomic mass is 31.2. The van der Waals surface area contributed by atoms with Gasteiger partial charge in [-0.15, -0.1) is 0 Å². The second-order valence-corrected chi connectivity index (χ2v) is 5.69. The molecule has 88 valence electrons. The molecule has 0 aromatic heterocycles. The van der Waals surface area contributed by atoms with E-state index in [0.717, 1.165) is 17.5 Å². The van der Waals surface area contributed by atoms with Crippen LogP contribution in [0, 0.1) is 0 Å². The van der Waals surface area contributed by atoms with Crippen molar-refractivity contribution < 1.29 is 14.0 Å². The quantitative estimate of drug-likeness (QED) is 0.795. The molecule has 0 aliphatic carbocycles. The molecule has 4 nitrogen and oxygen atoms in total. The van der Waals surface area contributed by atoms with Gasteiger partial charge in [0.15, 0.2) is 0 Å². The molecule has 1 aliphatic rings. The number of hydrogen-bond acceptors (Lipinski definition) is 3. The minimum atomic E-state index is -3.61. The topological polar surface area (TPSA) is 58.6 Å². The molecule has 2 unspecified atom stereocenters. The van der Waals surface area contributed by atoms with Crippen molar-refractivity contribution in [3.8, 4) is 0 Å². The van der Waals surface area contributed by atoms with Gasteiger partial charge in [0.05, 0.1) is 6.61 Å². The lowest BCUT2D eigenvalue weighted by molar-refractivity contribution is 0.257. The summed E-state index contributed by atoms with van der Waals surface area (Å²) in [5.74, 6) is -0.586. The molecule has 2 atom stereocenters. The molecule has 0 fully saturated rings. The average molecular weight is 241 g/mol. The lowest BCUT2D eigenvalue weighted by Crippen LogP contribution is -2.30. The summed E-state index contributed by atoms with van der Waals surface area (Å²) in [6, 6.07) is 7.71. The van der Waals surface area contributed by atoms with E-state index < -0.39 is 13.4 Å². The van der Waals surface area contributed by atoms with Crippen molar-refractivity contribution in [1.29, 1.82) is 0 Å². The average Bonchev–Trinajstić information content (AvgIpc) is 2.28. The summed E-state index contributed by atoms with van der Waals surface area (Å²) < 4.78 is 17.0. The first-order chi connectivity index (χ1) is 7.65. The first-order valence-electron chi connectivity index (χ1n) is 5.43. The van der Waals surface area contributed by atoms with Gasteiger partial charge in [-0.05, 0) is 24.5 Å². The van der Waals surface area contributed by atoms with Crippen LogP contribution in [0.25, 0.3) is 0 Å². The molecular weight excluding hydrogens is 225 g/mol. The second kappa shape index (κ2) is 4.68. The standard InChI is InChI=1S/C11H16NO3P/c1-2-15-16(13,14)11-10-6-4-3-5-9(10)7-8-12-11/h3-6,11-12H,2,7-8H2,1H3,(H,13,14). The molecule has 1 heterocycles. The maximum atomic E-state index is 12.0. The Hall–Kier alpha value is -0.670. The Balaban J connectivity index is 2.35. The van der Waals surface area contributed by atoms with Crippen molar-refractivity contribution in [3.05, 3.63) is 35.4 Å². The van der Waals surface area contributed by atoms with Gasteiger partial charge in [0.25, 0.3) is 0 Å². The van der Waals surface area contributed by atoms with Crippen LogP contribution in [0.1, 0.15) is 23.8 Å². The van der Waals surface area contributed by atoms with Gasteiger partial charge in [0.2, 0.25) is 0 Å². The van der Waals surface area contributed by atoms with Crippen LogP contribution in [0.3, 0.4) is 0 Å². The number of fused-ring (bicyclic) bond motifs is 1. The maximum Gasteiger partial charge on any atom is 0.349 e. The predicted octanol–water partition coefficient (Wildman–Crippen LogP) is 2.05. The molecule has 1 aromatic rings. The molecule has 1 aliphatic heterocycles. The molecule has 0 radical (unpaired) electrons. The van der Waals surface area contributed by atoms with Crippen molar-refractivity contribution >= 4 is 7.60 Å². The lowest BCUT2D eigenvalue weighted by atomic mass is 10.0. The van der Waals surface area contributed by atoms with Crippen LogP contribution in [0.5, 0.6) is 0 Å². The Morgan fingerprint density at radius 2 is 2.31 bits per heavy atom. The lowest BCUT2D eigenvalue weighted by Gasteiger charge is -2.29. The first kappa shape index (κ1) is 11.8. The van der Waals surface area contributed by atoms with Gasteiger partial charge in [-0.1, -0.05) is 24.3 Å². The van der Waals surface area contributed by atoms with Crippen molar-refractivity contribution in [3.63, 3.8) is 0 Å². The zero-order chi connectivity index (χ0) is 11.6. The Morgan fingerprint density at radius 1 is 1.56 bits per heavy atom. The fourth-order valence-corrected chi connectivity index (χ4v) is 3.52. The summed E-state index contributed by atoms with van der Waals surface area (Å²) in [6.45, 7) is 2.67. The van der Waals surface area contributed by atoms with Gasteiger partial charge < -0.3 is 9.42 Å². The zero-order valence-electron chi connectivity index (χ0n) is 9.22. The number of rotatable bonds is 3. The highest BCUT2D eigenvalue weighted by Crippen LogP contribution is 2.56. The molecule has 2 rings (SSSR count). The molecule has 0 bridgehead atoms. The zero-order valence-corrected chi connectivity index (χ0v) is 10.1. The SMILES string of the molecule is CCOP(=O)(O)C1NCCc2ccccc21. The van der Waals surface area contributed by atoms with Crippen molar-refractivity contribution in [2.45, 2.75) is 19.1 Å². The van der Waals surface area contributed by atoms with Crippen LogP contribution < -0.4 is 5.32 Å². The predicted molar refractivity (Wildman–Crippen MR) is 62.3 cm³/mol. The fourth-order valence-electron chi connectivity index (χ4n) is 2.03. The number of benzene rings is 1. The first-order valence-corrected chi connectivity index (χ1v) is 7.08. The number of nitrogens with one attached hydrogen (secondary N) is 1. The van der Waals surface area contributed by atoms with Gasteiger partial charge >= 0.3 is 7.60 Å². The van der Waals surface area contributed by atoms with Crippen LogP contribution in [-0.2, 0) is 15.5 Å². The molecule has 0 amide bonds. The molecule has 0 saturated heterocycles. The van der Waals surface area contributed by atoms with Gasteiger partial charge in [-0.25, -0.2) is 0 Å². The highest BCUT2D eigenvalue weighted by molar-refractivity contribution is 7.53. The maximum absolute atomic E-state index is 12.0. The van der Waals surface area contributed by atoms with E-state index in [1.165, 1.54) is 0 Å².